The molecule has 1 heteroatoms. The SMILES string of the molecule is [CH2]N1CCC(C)(C)C1. The number of nitrogens with zero attached hydrogens (tertiary/aromatic N) is 1. The summed E-state index contributed by atoms with van der Waals surface area (Å²) in [5, 5.41) is 0. The van der Waals surface area contributed by atoms with Gasteiger partial charge in [-0.2, -0.15) is 0 Å². The molecule has 1 fully saturated rings. The monoisotopic (exact) mass is 112 g/mol. The summed E-state index contributed by atoms with van der Waals surface area (Å²) in [4.78, 5) is 2.14. The van der Waals surface area contributed by atoms with Crippen LogP contribution in [0.25, 0.3) is 0 Å². The van der Waals surface area contributed by atoms with E-state index in [1.165, 1.54) is 13.0 Å². The van der Waals surface area contributed by atoms with Crippen molar-refractivity contribution >= 4 is 0 Å². The van der Waals surface area contributed by atoms with Gasteiger partial charge < -0.3 is 4.90 Å². The molecule has 0 aromatic heterocycles. The van der Waals surface area contributed by atoms with Crippen LogP contribution in [-0.4, -0.2) is 18.0 Å². The van der Waals surface area contributed by atoms with Crippen LogP contribution >= 0.6 is 0 Å². The summed E-state index contributed by atoms with van der Waals surface area (Å²) in [7, 11) is 3.87. The third kappa shape index (κ3) is 1.22. The minimum absolute atomic E-state index is 0.530. The van der Waals surface area contributed by atoms with Gasteiger partial charge in [-0.15, -0.1) is 0 Å². The Hall–Kier alpha value is -0.0400. The van der Waals surface area contributed by atoms with Gasteiger partial charge in [0, 0.05) is 13.6 Å². The van der Waals surface area contributed by atoms with Crippen LogP contribution in [0.1, 0.15) is 20.3 Å². The Morgan fingerprint density at radius 3 is 2.25 bits per heavy atom. The molecule has 0 aromatic carbocycles. The van der Waals surface area contributed by atoms with E-state index >= 15 is 0 Å². The van der Waals surface area contributed by atoms with Gasteiger partial charge in [0.15, 0.2) is 0 Å². The zero-order chi connectivity index (χ0) is 6.20. The summed E-state index contributed by atoms with van der Waals surface area (Å²) < 4.78 is 0. The molecule has 0 atom stereocenters. The van der Waals surface area contributed by atoms with Crippen molar-refractivity contribution in [1.82, 2.24) is 4.90 Å². The van der Waals surface area contributed by atoms with Gasteiger partial charge in [-0.25, -0.2) is 0 Å². The van der Waals surface area contributed by atoms with Crippen molar-refractivity contribution in [3.8, 4) is 0 Å². The summed E-state index contributed by atoms with van der Waals surface area (Å²) in [6, 6.07) is 0. The Bertz CT molecular complexity index is 86.4. The molecular weight excluding hydrogens is 98.1 g/mol. The predicted octanol–water partition coefficient (Wildman–Crippen LogP) is 1.51. The Morgan fingerprint density at radius 1 is 1.50 bits per heavy atom. The third-order valence-corrected chi connectivity index (χ3v) is 1.76. The Morgan fingerprint density at radius 2 is 2.12 bits per heavy atom. The van der Waals surface area contributed by atoms with E-state index < -0.39 is 0 Å². The Balaban J connectivity index is 2.44. The number of likely N-dealkylation sites (tertiary alicyclic amines) is 1. The van der Waals surface area contributed by atoms with Crippen LogP contribution in [0.4, 0.5) is 0 Å². The summed E-state index contributed by atoms with van der Waals surface area (Å²) in [5.74, 6) is 0. The maximum Gasteiger partial charge on any atom is 0.0110 e. The van der Waals surface area contributed by atoms with Gasteiger partial charge in [-0.1, -0.05) is 13.8 Å². The third-order valence-electron chi connectivity index (χ3n) is 1.76. The number of rotatable bonds is 0. The molecule has 0 aliphatic carbocycles. The van der Waals surface area contributed by atoms with E-state index in [0.717, 1.165) is 6.54 Å². The first-order chi connectivity index (χ1) is 3.60. The zero-order valence-electron chi connectivity index (χ0n) is 5.78. The summed E-state index contributed by atoms with van der Waals surface area (Å²) in [6.45, 7) is 6.91. The largest absolute Gasteiger partial charge is 0.302 e. The van der Waals surface area contributed by atoms with E-state index in [2.05, 4.69) is 25.8 Å². The van der Waals surface area contributed by atoms with Crippen molar-refractivity contribution in [3.63, 3.8) is 0 Å². The highest BCUT2D eigenvalue weighted by molar-refractivity contribution is 4.81. The maximum atomic E-state index is 3.87. The molecule has 0 saturated carbocycles. The van der Waals surface area contributed by atoms with Crippen LogP contribution in [0.2, 0.25) is 0 Å². The lowest BCUT2D eigenvalue weighted by Gasteiger charge is -2.15. The van der Waals surface area contributed by atoms with Crippen LogP contribution in [0.3, 0.4) is 0 Å². The molecule has 1 nitrogen and oxygen atoms in total. The minimum atomic E-state index is 0.530. The molecule has 8 heavy (non-hydrogen) atoms. The fourth-order valence-corrected chi connectivity index (χ4v) is 1.22. The van der Waals surface area contributed by atoms with E-state index in [4.69, 9.17) is 0 Å². The van der Waals surface area contributed by atoms with Crippen LogP contribution in [0.15, 0.2) is 0 Å². The van der Waals surface area contributed by atoms with Crippen molar-refractivity contribution in [2.24, 2.45) is 5.41 Å². The summed E-state index contributed by atoms with van der Waals surface area (Å²) in [6.07, 6.45) is 1.30. The van der Waals surface area contributed by atoms with Gasteiger partial charge in [0.2, 0.25) is 0 Å². The topological polar surface area (TPSA) is 3.24 Å². The zero-order valence-corrected chi connectivity index (χ0v) is 5.78. The van der Waals surface area contributed by atoms with Crippen molar-refractivity contribution in [2.75, 3.05) is 13.1 Å². The van der Waals surface area contributed by atoms with Gasteiger partial charge >= 0.3 is 0 Å². The molecule has 1 aliphatic rings. The highest BCUT2D eigenvalue weighted by Crippen LogP contribution is 2.27. The maximum absolute atomic E-state index is 3.87. The second-order valence-electron chi connectivity index (χ2n) is 3.47. The molecule has 0 unspecified atom stereocenters. The summed E-state index contributed by atoms with van der Waals surface area (Å²) >= 11 is 0. The van der Waals surface area contributed by atoms with Crippen molar-refractivity contribution in [3.05, 3.63) is 7.05 Å². The molecular formula is C7H14N. The van der Waals surface area contributed by atoms with Gasteiger partial charge in [0.05, 0.1) is 0 Å². The van der Waals surface area contributed by atoms with Crippen LogP contribution in [0.5, 0.6) is 0 Å². The first kappa shape index (κ1) is 6.09. The first-order valence-corrected chi connectivity index (χ1v) is 3.16. The second-order valence-corrected chi connectivity index (χ2v) is 3.47. The fraction of sp³-hybridized carbons (Fsp3) is 0.857. The molecule has 1 radical (unpaired) electrons. The predicted molar refractivity (Wildman–Crippen MR) is 35.3 cm³/mol. The number of hydrogen-bond acceptors (Lipinski definition) is 1. The first-order valence-electron chi connectivity index (χ1n) is 3.16. The highest BCUT2D eigenvalue weighted by atomic mass is 15.1. The quantitative estimate of drug-likeness (QED) is 0.459. The highest BCUT2D eigenvalue weighted by Gasteiger charge is 2.26. The van der Waals surface area contributed by atoms with Crippen LogP contribution < -0.4 is 0 Å². The molecule has 1 aliphatic heterocycles. The van der Waals surface area contributed by atoms with Crippen molar-refractivity contribution in [2.45, 2.75) is 20.3 Å². The van der Waals surface area contributed by atoms with E-state index in [1.807, 2.05) is 0 Å². The Kier molecular flexibility index (Phi) is 1.31. The fourth-order valence-electron chi connectivity index (χ4n) is 1.22. The molecule has 0 bridgehead atoms. The van der Waals surface area contributed by atoms with Gasteiger partial charge in [-0.05, 0) is 18.4 Å². The summed E-state index contributed by atoms with van der Waals surface area (Å²) in [5.41, 5.74) is 0.530. The molecule has 47 valence electrons. The van der Waals surface area contributed by atoms with Gasteiger partial charge in [-0.3, -0.25) is 0 Å². The smallest absolute Gasteiger partial charge is 0.0110 e. The van der Waals surface area contributed by atoms with Crippen LogP contribution in [-0.2, 0) is 0 Å². The molecule has 0 N–H and O–H groups in total. The molecule has 0 amide bonds. The second kappa shape index (κ2) is 1.73. The van der Waals surface area contributed by atoms with E-state index in [0.29, 0.717) is 5.41 Å². The standard InChI is InChI=1S/C7H14N/c1-7(2)4-5-8(3)6-7/h3-6H2,1-2H3. The average Bonchev–Trinajstić information content (AvgIpc) is 1.82. The lowest BCUT2D eigenvalue weighted by Crippen LogP contribution is -2.16. The van der Waals surface area contributed by atoms with E-state index in [9.17, 15) is 0 Å². The van der Waals surface area contributed by atoms with Crippen LogP contribution in [0, 0.1) is 12.5 Å². The molecule has 0 aromatic rings. The lowest BCUT2D eigenvalue weighted by atomic mass is 9.93. The Labute approximate surface area is 51.7 Å². The lowest BCUT2D eigenvalue weighted by molar-refractivity contribution is 0.356. The number of hydrogen-bond donors (Lipinski definition) is 0. The van der Waals surface area contributed by atoms with Gasteiger partial charge in [0.25, 0.3) is 0 Å². The van der Waals surface area contributed by atoms with Crippen molar-refractivity contribution < 1.29 is 0 Å². The molecule has 1 rings (SSSR count). The molecule has 1 heterocycles. The van der Waals surface area contributed by atoms with Gasteiger partial charge in [0.1, 0.15) is 0 Å². The van der Waals surface area contributed by atoms with Crippen molar-refractivity contribution in [1.29, 1.82) is 0 Å². The molecule has 0 spiro atoms. The van der Waals surface area contributed by atoms with E-state index in [1.54, 1.807) is 0 Å². The molecule has 1 saturated heterocycles. The van der Waals surface area contributed by atoms with E-state index in [-0.39, 0.29) is 0 Å². The minimum Gasteiger partial charge on any atom is -0.302 e. The normalized spacial score (nSPS) is 28.9. The average molecular weight is 112 g/mol.